The van der Waals surface area contributed by atoms with E-state index in [1.54, 1.807) is 12.1 Å². The Hall–Kier alpha value is -1.65. The van der Waals surface area contributed by atoms with Crippen LogP contribution >= 0.6 is 11.6 Å². The van der Waals surface area contributed by atoms with Crippen molar-refractivity contribution in [2.45, 2.75) is 19.6 Å². The lowest BCUT2D eigenvalue weighted by atomic mass is 10.1. The van der Waals surface area contributed by atoms with E-state index in [-0.39, 0.29) is 22.9 Å². The molecule has 0 amide bonds. The van der Waals surface area contributed by atoms with E-state index in [4.69, 9.17) is 16.3 Å². The van der Waals surface area contributed by atoms with Crippen LogP contribution in [0.2, 0.25) is 5.02 Å². The summed E-state index contributed by atoms with van der Waals surface area (Å²) in [5.74, 6) is -1.19. The van der Waals surface area contributed by atoms with Crippen LogP contribution in [-0.4, -0.2) is 5.11 Å². The zero-order valence-electron chi connectivity index (χ0n) is 10.7. The number of aliphatic hydroxyl groups is 1. The molecule has 0 aliphatic rings. The number of halogens is 3. The highest BCUT2D eigenvalue weighted by molar-refractivity contribution is 6.30. The molecule has 1 N–H and O–H groups in total. The Morgan fingerprint density at radius 2 is 2.00 bits per heavy atom. The minimum atomic E-state index is -0.760. The quantitative estimate of drug-likeness (QED) is 0.914. The summed E-state index contributed by atoms with van der Waals surface area (Å²) < 4.78 is 32.6. The maximum atomic E-state index is 13.7. The van der Waals surface area contributed by atoms with Gasteiger partial charge in [0.15, 0.2) is 11.6 Å². The smallest absolute Gasteiger partial charge is 0.165 e. The molecule has 0 bridgehead atoms. The Labute approximate surface area is 120 Å². The van der Waals surface area contributed by atoms with Crippen LogP contribution in [0.4, 0.5) is 8.78 Å². The summed E-state index contributed by atoms with van der Waals surface area (Å²) >= 11 is 5.65. The van der Waals surface area contributed by atoms with Gasteiger partial charge in [0, 0.05) is 5.56 Å². The Morgan fingerprint density at radius 3 is 2.65 bits per heavy atom. The van der Waals surface area contributed by atoms with Crippen LogP contribution in [-0.2, 0) is 6.61 Å². The van der Waals surface area contributed by atoms with Crippen molar-refractivity contribution in [3.05, 3.63) is 64.2 Å². The molecule has 0 spiro atoms. The van der Waals surface area contributed by atoms with Gasteiger partial charge in [0.25, 0.3) is 0 Å². The third-order valence-corrected chi connectivity index (χ3v) is 3.14. The lowest BCUT2D eigenvalue weighted by molar-refractivity contribution is 0.198. The molecule has 1 atom stereocenters. The molecule has 0 heterocycles. The molecule has 0 aliphatic carbocycles. The van der Waals surface area contributed by atoms with Crippen molar-refractivity contribution in [1.29, 1.82) is 0 Å². The van der Waals surface area contributed by atoms with Gasteiger partial charge in [0.2, 0.25) is 0 Å². The molecule has 2 aromatic rings. The van der Waals surface area contributed by atoms with Crippen molar-refractivity contribution in [2.24, 2.45) is 0 Å². The molecule has 20 heavy (non-hydrogen) atoms. The van der Waals surface area contributed by atoms with Crippen molar-refractivity contribution in [3.8, 4) is 5.75 Å². The maximum Gasteiger partial charge on any atom is 0.165 e. The van der Waals surface area contributed by atoms with E-state index in [0.717, 1.165) is 0 Å². The fourth-order valence-corrected chi connectivity index (χ4v) is 1.90. The Balaban J connectivity index is 2.13. The summed E-state index contributed by atoms with van der Waals surface area (Å²) in [7, 11) is 0. The standard InChI is InChI=1S/C15H13ClF2O2/c1-9(19)10-5-6-14(13(17)7-10)20-8-11-3-2-4-12(16)15(11)18/h2-7,9,19H,8H2,1H3/t9-/m0/s1. The number of benzene rings is 2. The molecule has 106 valence electrons. The van der Waals surface area contributed by atoms with Gasteiger partial charge in [-0.15, -0.1) is 0 Å². The topological polar surface area (TPSA) is 29.5 Å². The van der Waals surface area contributed by atoms with Gasteiger partial charge in [-0.1, -0.05) is 29.8 Å². The summed E-state index contributed by atoms with van der Waals surface area (Å²) in [4.78, 5) is 0. The summed E-state index contributed by atoms with van der Waals surface area (Å²) in [5, 5.41) is 9.34. The summed E-state index contributed by atoms with van der Waals surface area (Å²) in [6.07, 6.45) is -0.760. The maximum absolute atomic E-state index is 13.7. The van der Waals surface area contributed by atoms with Gasteiger partial charge in [-0.05, 0) is 30.7 Å². The fraction of sp³-hybridized carbons (Fsp3) is 0.200. The SMILES string of the molecule is C[C@H](O)c1ccc(OCc2cccc(Cl)c2F)c(F)c1. The van der Waals surface area contributed by atoms with Crippen LogP contribution < -0.4 is 4.74 Å². The molecule has 2 aromatic carbocycles. The van der Waals surface area contributed by atoms with Crippen LogP contribution in [0.3, 0.4) is 0 Å². The van der Waals surface area contributed by atoms with Crippen LogP contribution in [0.5, 0.6) is 5.75 Å². The zero-order chi connectivity index (χ0) is 14.7. The third kappa shape index (κ3) is 3.26. The number of hydrogen-bond donors (Lipinski definition) is 1. The largest absolute Gasteiger partial charge is 0.486 e. The van der Waals surface area contributed by atoms with Crippen molar-refractivity contribution in [1.82, 2.24) is 0 Å². The number of ether oxygens (including phenoxy) is 1. The van der Waals surface area contributed by atoms with Crippen molar-refractivity contribution >= 4 is 11.6 Å². The average Bonchev–Trinajstić information content (AvgIpc) is 2.41. The Kier molecular flexibility index (Phi) is 4.57. The van der Waals surface area contributed by atoms with Gasteiger partial charge >= 0.3 is 0 Å². The molecule has 5 heteroatoms. The van der Waals surface area contributed by atoms with Gasteiger partial charge in [0.05, 0.1) is 11.1 Å². The molecule has 2 rings (SSSR count). The molecule has 0 radical (unpaired) electrons. The van der Waals surface area contributed by atoms with Crippen molar-refractivity contribution in [2.75, 3.05) is 0 Å². The van der Waals surface area contributed by atoms with Crippen LogP contribution in [0.15, 0.2) is 36.4 Å². The van der Waals surface area contributed by atoms with E-state index in [0.29, 0.717) is 5.56 Å². The Morgan fingerprint density at radius 1 is 1.25 bits per heavy atom. The summed E-state index contributed by atoms with van der Waals surface area (Å²) in [6, 6.07) is 8.68. The first kappa shape index (κ1) is 14.8. The van der Waals surface area contributed by atoms with Gasteiger partial charge in [-0.2, -0.15) is 0 Å². The molecule has 0 aromatic heterocycles. The van der Waals surface area contributed by atoms with Gasteiger partial charge in [0.1, 0.15) is 12.4 Å². The second-order valence-corrected chi connectivity index (χ2v) is 4.77. The second-order valence-electron chi connectivity index (χ2n) is 4.37. The molecule has 2 nitrogen and oxygen atoms in total. The summed E-state index contributed by atoms with van der Waals surface area (Å²) in [6.45, 7) is 1.41. The molecule has 0 fully saturated rings. The van der Waals surface area contributed by atoms with E-state index in [1.807, 2.05) is 0 Å². The predicted octanol–water partition coefficient (Wildman–Crippen LogP) is 4.25. The van der Waals surface area contributed by atoms with E-state index < -0.39 is 17.7 Å². The molecular weight excluding hydrogens is 286 g/mol. The average molecular weight is 299 g/mol. The van der Waals surface area contributed by atoms with Gasteiger partial charge < -0.3 is 9.84 Å². The molecule has 0 saturated heterocycles. The molecular formula is C15H13ClF2O2. The number of hydrogen-bond acceptors (Lipinski definition) is 2. The lowest BCUT2D eigenvalue weighted by Crippen LogP contribution is -2.01. The van der Waals surface area contributed by atoms with Crippen LogP contribution in [0.1, 0.15) is 24.2 Å². The van der Waals surface area contributed by atoms with E-state index in [1.165, 1.54) is 31.2 Å². The van der Waals surface area contributed by atoms with Gasteiger partial charge in [-0.3, -0.25) is 0 Å². The van der Waals surface area contributed by atoms with Crippen molar-refractivity contribution in [3.63, 3.8) is 0 Å². The monoisotopic (exact) mass is 298 g/mol. The van der Waals surface area contributed by atoms with E-state index in [9.17, 15) is 13.9 Å². The third-order valence-electron chi connectivity index (χ3n) is 2.85. The minimum Gasteiger partial charge on any atom is -0.486 e. The normalized spacial score (nSPS) is 12.2. The first-order valence-electron chi connectivity index (χ1n) is 6.02. The lowest BCUT2D eigenvalue weighted by Gasteiger charge is -2.11. The Bertz CT molecular complexity index is 615. The zero-order valence-corrected chi connectivity index (χ0v) is 11.5. The minimum absolute atomic E-state index is 0.00368. The fourth-order valence-electron chi connectivity index (χ4n) is 1.71. The first-order valence-corrected chi connectivity index (χ1v) is 6.40. The highest BCUT2D eigenvalue weighted by Gasteiger charge is 2.10. The van der Waals surface area contributed by atoms with Crippen LogP contribution in [0, 0.1) is 11.6 Å². The van der Waals surface area contributed by atoms with Gasteiger partial charge in [-0.25, -0.2) is 8.78 Å². The highest BCUT2D eigenvalue weighted by Crippen LogP contribution is 2.24. The first-order chi connectivity index (χ1) is 9.49. The van der Waals surface area contributed by atoms with Crippen molar-refractivity contribution < 1.29 is 18.6 Å². The van der Waals surface area contributed by atoms with E-state index in [2.05, 4.69) is 0 Å². The molecule has 0 aliphatic heterocycles. The van der Waals surface area contributed by atoms with E-state index >= 15 is 0 Å². The number of rotatable bonds is 4. The second kappa shape index (κ2) is 6.20. The predicted molar refractivity (Wildman–Crippen MR) is 72.8 cm³/mol. The van der Waals surface area contributed by atoms with Crippen LogP contribution in [0.25, 0.3) is 0 Å². The highest BCUT2D eigenvalue weighted by atomic mass is 35.5. The summed E-state index contributed by atoms with van der Waals surface area (Å²) in [5.41, 5.74) is 0.695. The molecule has 0 saturated carbocycles. The molecule has 0 unspecified atom stereocenters. The number of aliphatic hydroxyl groups excluding tert-OH is 1.